The Hall–Kier alpha value is -0.930. The standard InChI is InChI=1S/C13H19ClN2O/c1-2-16(9-10-5-4-8-17-10)13-11(14)6-3-7-12(13)15/h3,6-7,10H,2,4-5,8-9,15H2,1H3. The highest BCUT2D eigenvalue weighted by Gasteiger charge is 2.20. The molecule has 4 heteroatoms. The Kier molecular flexibility index (Phi) is 4.13. The number of likely N-dealkylation sites (N-methyl/N-ethyl adjacent to an activating group) is 1. The third-order valence-electron chi connectivity index (χ3n) is 3.16. The van der Waals surface area contributed by atoms with E-state index >= 15 is 0 Å². The lowest BCUT2D eigenvalue weighted by molar-refractivity contribution is 0.116. The lowest BCUT2D eigenvalue weighted by Crippen LogP contribution is -2.32. The maximum absolute atomic E-state index is 6.23. The van der Waals surface area contributed by atoms with Gasteiger partial charge in [0.1, 0.15) is 0 Å². The highest BCUT2D eigenvalue weighted by Crippen LogP contribution is 2.32. The molecule has 1 aromatic rings. The molecule has 1 atom stereocenters. The Morgan fingerprint density at radius 1 is 1.53 bits per heavy atom. The van der Waals surface area contributed by atoms with Gasteiger partial charge in [-0.15, -0.1) is 0 Å². The molecule has 1 heterocycles. The number of para-hydroxylation sites is 1. The number of hydrogen-bond donors (Lipinski definition) is 1. The number of halogens is 1. The molecule has 17 heavy (non-hydrogen) atoms. The molecule has 0 radical (unpaired) electrons. The van der Waals surface area contributed by atoms with Gasteiger partial charge in [0, 0.05) is 19.7 Å². The van der Waals surface area contributed by atoms with Gasteiger partial charge < -0.3 is 15.4 Å². The van der Waals surface area contributed by atoms with Crippen molar-refractivity contribution in [3.63, 3.8) is 0 Å². The maximum atomic E-state index is 6.23. The number of hydrogen-bond acceptors (Lipinski definition) is 3. The summed E-state index contributed by atoms with van der Waals surface area (Å²) in [4.78, 5) is 2.20. The van der Waals surface area contributed by atoms with E-state index in [0.29, 0.717) is 11.1 Å². The van der Waals surface area contributed by atoms with Crippen LogP contribution in [0, 0.1) is 0 Å². The summed E-state index contributed by atoms with van der Waals surface area (Å²) in [5.74, 6) is 0. The summed E-state index contributed by atoms with van der Waals surface area (Å²) in [5.41, 5.74) is 7.68. The summed E-state index contributed by atoms with van der Waals surface area (Å²) in [7, 11) is 0. The Labute approximate surface area is 107 Å². The first-order valence-corrected chi connectivity index (χ1v) is 6.50. The molecule has 0 spiro atoms. The zero-order valence-electron chi connectivity index (χ0n) is 10.2. The first kappa shape index (κ1) is 12.5. The molecule has 1 saturated heterocycles. The molecule has 1 aliphatic heterocycles. The zero-order chi connectivity index (χ0) is 12.3. The summed E-state index contributed by atoms with van der Waals surface area (Å²) in [6.45, 7) is 4.73. The van der Waals surface area contributed by atoms with Crippen LogP contribution in [0.3, 0.4) is 0 Å². The largest absolute Gasteiger partial charge is 0.397 e. The summed E-state index contributed by atoms with van der Waals surface area (Å²) < 4.78 is 5.66. The van der Waals surface area contributed by atoms with Crippen molar-refractivity contribution in [2.75, 3.05) is 30.3 Å². The molecule has 1 unspecified atom stereocenters. The summed E-state index contributed by atoms with van der Waals surface area (Å²) in [6, 6.07) is 5.64. The van der Waals surface area contributed by atoms with Crippen molar-refractivity contribution in [3.05, 3.63) is 23.2 Å². The lowest BCUT2D eigenvalue weighted by atomic mass is 10.2. The molecule has 1 aromatic carbocycles. The zero-order valence-corrected chi connectivity index (χ0v) is 10.9. The summed E-state index contributed by atoms with van der Waals surface area (Å²) >= 11 is 6.23. The van der Waals surface area contributed by atoms with E-state index in [2.05, 4.69) is 11.8 Å². The van der Waals surface area contributed by atoms with Crippen LogP contribution in [-0.2, 0) is 4.74 Å². The fraction of sp³-hybridized carbons (Fsp3) is 0.538. The van der Waals surface area contributed by atoms with E-state index in [1.807, 2.05) is 18.2 Å². The van der Waals surface area contributed by atoms with Gasteiger partial charge in [-0.3, -0.25) is 0 Å². The second kappa shape index (κ2) is 5.61. The van der Waals surface area contributed by atoms with Gasteiger partial charge in [0.15, 0.2) is 0 Å². The van der Waals surface area contributed by atoms with Crippen molar-refractivity contribution in [2.45, 2.75) is 25.9 Å². The number of nitrogen functional groups attached to an aromatic ring is 1. The van der Waals surface area contributed by atoms with Crippen molar-refractivity contribution in [3.8, 4) is 0 Å². The number of rotatable bonds is 4. The van der Waals surface area contributed by atoms with E-state index in [1.54, 1.807) is 0 Å². The molecule has 2 rings (SSSR count). The topological polar surface area (TPSA) is 38.5 Å². The fourth-order valence-corrected chi connectivity index (χ4v) is 2.58. The van der Waals surface area contributed by atoms with Crippen LogP contribution in [0.2, 0.25) is 5.02 Å². The maximum Gasteiger partial charge on any atom is 0.0789 e. The van der Waals surface area contributed by atoms with Crippen molar-refractivity contribution in [1.82, 2.24) is 0 Å². The molecule has 0 saturated carbocycles. The van der Waals surface area contributed by atoms with Crippen LogP contribution in [0.25, 0.3) is 0 Å². The first-order valence-electron chi connectivity index (χ1n) is 6.13. The van der Waals surface area contributed by atoms with E-state index < -0.39 is 0 Å². The number of nitrogens with two attached hydrogens (primary N) is 1. The van der Waals surface area contributed by atoms with Gasteiger partial charge in [-0.25, -0.2) is 0 Å². The Balaban J connectivity index is 2.16. The average Bonchev–Trinajstić information content (AvgIpc) is 2.80. The van der Waals surface area contributed by atoms with E-state index in [0.717, 1.165) is 43.9 Å². The van der Waals surface area contributed by atoms with E-state index in [-0.39, 0.29) is 0 Å². The molecule has 0 aromatic heterocycles. The minimum atomic E-state index is 0.311. The summed E-state index contributed by atoms with van der Waals surface area (Å²) in [5, 5.41) is 0.713. The SMILES string of the molecule is CCN(CC1CCCO1)c1c(N)cccc1Cl. The van der Waals surface area contributed by atoms with Crippen LogP contribution >= 0.6 is 11.6 Å². The molecule has 1 aliphatic rings. The molecular weight excluding hydrogens is 236 g/mol. The monoisotopic (exact) mass is 254 g/mol. The molecular formula is C13H19ClN2O. The number of anilines is 2. The van der Waals surface area contributed by atoms with Crippen molar-refractivity contribution in [2.24, 2.45) is 0 Å². The molecule has 94 valence electrons. The lowest BCUT2D eigenvalue weighted by Gasteiger charge is -2.28. The second-order valence-electron chi connectivity index (χ2n) is 4.35. The van der Waals surface area contributed by atoms with Crippen LogP contribution in [0.15, 0.2) is 18.2 Å². The van der Waals surface area contributed by atoms with Crippen LogP contribution in [0.4, 0.5) is 11.4 Å². The van der Waals surface area contributed by atoms with Gasteiger partial charge in [0.25, 0.3) is 0 Å². The molecule has 0 amide bonds. The molecule has 0 aliphatic carbocycles. The third kappa shape index (κ3) is 2.85. The van der Waals surface area contributed by atoms with Gasteiger partial charge in [-0.1, -0.05) is 17.7 Å². The number of nitrogens with zero attached hydrogens (tertiary/aromatic N) is 1. The van der Waals surface area contributed by atoms with Gasteiger partial charge in [-0.2, -0.15) is 0 Å². The minimum absolute atomic E-state index is 0.311. The Morgan fingerprint density at radius 3 is 2.94 bits per heavy atom. The smallest absolute Gasteiger partial charge is 0.0789 e. The number of benzene rings is 1. The molecule has 0 bridgehead atoms. The first-order chi connectivity index (χ1) is 8.22. The molecule has 3 nitrogen and oxygen atoms in total. The predicted octanol–water partition coefficient (Wildman–Crippen LogP) is 2.93. The van der Waals surface area contributed by atoms with E-state index in [9.17, 15) is 0 Å². The van der Waals surface area contributed by atoms with Gasteiger partial charge in [-0.05, 0) is 31.9 Å². The van der Waals surface area contributed by atoms with Crippen molar-refractivity contribution >= 4 is 23.0 Å². The van der Waals surface area contributed by atoms with Crippen LogP contribution in [0.1, 0.15) is 19.8 Å². The predicted molar refractivity (Wildman–Crippen MR) is 72.7 cm³/mol. The van der Waals surface area contributed by atoms with Gasteiger partial charge in [0.05, 0.1) is 22.5 Å². The third-order valence-corrected chi connectivity index (χ3v) is 3.47. The fourth-order valence-electron chi connectivity index (χ4n) is 2.28. The van der Waals surface area contributed by atoms with Gasteiger partial charge in [0.2, 0.25) is 0 Å². The highest BCUT2D eigenvalue weighted by molar-refractivity contribution is 6.34. The highest BCUT2D eigenvalue weighted by atomic mass is 35.5. The van der Waals surface area contributed by atoms with Crippen LogP contribution < -0.4 is 10.6 Å². The number of ether oxygens (including phenoxy) is 1. The summed E-state index contributed by atoms with van der Waals surface area (Å²) in [6.07, 6.45) is 2.59. The molecule has 2 N–H and O–H groups in total. The van der Waals surface area contributed by atoms with E-state index in [4.69, 9.17) is 22.1 Å². The van der Waals surface area contributed by atoms with Crippen molar-refractivity contribution in [1.29, 1.82) is 0 Å². The molecule has 1 fully saturated rings. The minimum Gasteiger partial charge on any atom is -0.397 e. The Bertz CT molecular complexity index is 357. The van der Waals surface area contributed by atoms with Crippen LogP contribution in [0.5, 0.6) is 0 Å². The van der Waals surface area contributed by atoms with Crippen LogP contribution in [-0.4, -0.2) is 25.8 Å². The average molecular weight is 255 g/mol. The van der Waals surface area contributed by atoms with Gasteiger partial charge >= 0.3 is 0 Å². The second-order valence-corrected chi connectivity index (χ2v) is 4.76. The van der Waals surface area contributed by atoms with Crippen molar-refractivity contribution < 1.29 is 4.74 Å². The Morgan fingerprint density at radius 2 is 2.35 bits per heavy atom. The quantitative estimate of drug-likeness (QED) is 0.840. The normalized spacial score (nSPS) is 19.5. The van der Waals surface area contributed by atoms with E-state index in [1.165, 1.54) is 0 Å².